The van der Waals surface area contributed by atoms with Crippen LogP contribution < -0.4 is 5.73 Å². The SMILES string of the molecule is NC(=O)C1(N2CCN(Cc3c(F)cccc3F)CC2)CCOC1. The van der Waals surface area contributed by atoms with Crippen LogP contribution in [0.5, 0.6) is 0 Å². The van der Waals surface area contributed by atoms with Crippen molar-refractivity contribution in [2.45, 2.75) is 18.5 Å². The first kappa shape index (κ1) is 16.3. The molecule has 2 aliphatic heterocycles. The summed E-state index contributed by atoms with van der Waals surface area (Å²) in [5.41, 5.74) is 4.95. The molecule has 0 radical (unpaired) electrons. The molecule has 23 heavy (non-hydrogen) atoms. The first-order chi connectivity index (χ1) is 11.0. The summed E-state index contributed by atoms with van der Waals surface area (Å²) in [7, 11) is 0. The first-order valence-electron chi connectivity index (χ1n) is 7.81. The maximum atomic E-state index is 13.7. The third kappa shape index (κ3) is 3.08. The van der Waals surface area contributed by atoms with Crippen LogP contribution in [-0.4, -0.2) is 60.6 Å². The van der Waals surface area contributed by atoms with Gasteiger partial charge in [0.25, 0.3) is 0 Å². The molecule has 0 aliphatic carbocycles. The van der Waals surface area contributed by atoms with E-state index in [1.54, 1.807) is 0 Å². The average Bonchev–Trinajstić information content (AvgIpc) is 3.03. The Morgan fingerprint density at radius 2 is 1.87 bits per heavy atom. The number of nitrogens with zero attached hydrogens (tertiary/aromatic N) is 2. The second kappa shape index (κ2) is 6.51. The number of hydrogen-bond acceptors (Lipinski definition) is 4. The van der Waals surface area contributed by atoms with Gasteiger partial charge >= 0.3 is 0 Å². The largest absolute Gasteiger partial charge is 0.379 e. The Balaban J connectivity index is 1.64. The van der Waals surface area contributed by atoms with E-state index in [4.69, 9.17) is 10.5 Å². The predicted molar refractivity (Wildman–Crippen MR) is 80.6 cm³/mol. The second-order valence-electron chi connectivity index (χ2n) is 6.16. The van der Waals surface area contributed by atoms with Crippen molar-refractivity contribution in [3.05, 3.63) is 35.4 Å². The molecule has 5 nitrogen and oxygen atoms in total. The number of rotatable bonds is 4. The highest BCUT2D eigenvalue weighted by Crippen LogP contribution is 2.27. The van der Waals surface area contributed by atoms with Gasteiger partial charge in [0.15, 0.2) is 0 Å². The first-order valence-corrected chi connectivity index (χ1v) is 7.81. The van der Waals surface area contributed by atoms with Crippen molar-refractivity contribution in [2.75, 3.05) is 39.4 Å². The lowest BCUT2D eigenvalue weighted by molar-refractivity contribution is -0.132. The van der Waals surface area contributed by atoms with Crippen molar-refractivity contribution in [2.24, 2.45) is 5.73 Å². The smallest absolute Gasteiger partial charge is 0.240 e. The zero-order valence-corrected chi connectivity index (χ0v) is 12.9. The Morgan fingerprint density at radius 3 is 2.39 bits per heavy atom. The standard InChI is InChI=1S/C16H21F2N3O2/c17-13-2-1-3-14(18)12(13)10-20-5-7-21(8-6-20)16(15(19)22)4-9-23-11-16/h1-3H,4-11H2,(H2,19,22). The molecule has 126 valence electrons. The molecular weight excluding hydrogens is 304 g/mol. The van der Waals surface area contributed by atoms with E-state index in [-0.39, 0.29) is 18.0 Å². The topological polar surface area (TPSA) is 58.8 Å². The van der Waals surface area contributed by atoms with Crippen molar-refractivity contribution in [1.29, 1.82) is 0 Å². The van der Waals surface area contributed by atoms with Crippen molar-refractivity contribution in [1.82, 2.24) is 9.80 Å². The van der Waals surface area contributed by atoms with E-state index in [0.717, 1.165) is 0 Å². The zero-order chi connectivity index (χ0) is 16.4. The van der Waals surface area contributed by atoms with Crippen molar-refractivity contribution in [3.63, 3.8) is 0 Å². The van der Waals surface area contributed by atoms with Crippen LogP contribution in [0.3, 0.4) is 0 Å². The molecule has 1 unspecified atom stereocenters. The van der Waals surface area contributed by atoms with Crippen LogP contribution >= 0.6 is 0 Å². The molecule has 2 aliphatic rings. The minimum absolute atomic E-state index is 0.0924. The van der Waals surface area contributed by atoms with Crippen LogP contribution in [0, 0.1) is 11.6 Å². The second-order valence-corrected chi connectivity index (χ2v) is 6.16. The van der Waals surface area contributed by atoms with Crippen LogP contribution in [0.25, 0.3) is 0 Å². The number of amides is 1. The van der Waals surface area contributed by atoms with E-state index in [9.17, 15) is 13.6 Å². The van der Waals surface area contributed by atoms with Crippen LogP contribution in [0.1, 0.15) is 12.0 Å². The Kier molecular flexibility index (Phi) is 4.61. The quantitative estimate of drug-likeness (QED) is 0.886. The number of benzene rings is 1. The zero-order valence-electron chi connectivity index (χ0n) is 12.9. The molecule has 1 amide bonds. The predicted octanol–water partition coefficient (Wildman–Crippen LogP) is 0.727. The summed E-state index contributed by atoms with van der Waals surface area (Å²) < 4.78 is 32.9. The van der Waals surface area contributed by atoms with Gasteiger partial charge in [0, 0.05) is 51.3 Å². The summed E-state index contributed by atoms with van der Waals surface area (Å²) in [4.78, 5) is 15.9. The highest BCUT2D eigenvalue weighted by Gasteiger charge is 2.46. The van der Waals surface area contributed by atoms with Gasteiger partial charge < -0.3 is 10.5 Å². The molecule has 2 heterocycles. The van der Waals surface area contributed by atoms with E-state index < -0.39 is 17.2 Å². The van der Waals surface area contributed by atoms with E-state index in [1.165, 1.54) is 18.2 Å². The Bertz CT molecular complexity index is 562. The maximum absolute atomic E-state index is 13.7. The minimum Gasteiger partial charge on any atom is -0.379 e. The molecule has 2 fully saturated rings. The molecule has 0 aromatic heterocycles. The molecular formula is C16H21F2N3O2. The number of hydrogen-bond donors (Lipinski definition) is 1. The molecule has 2 saturated heterocycles. The average molecular weight is 325 g/mol. The summed E-state index contributed by atoms with van der Waals surface area (Å²) in [6, 6.07) is 3.90. The number of ether oxygens (including phenoxy) is 1. The lowest BCUT2D eigenvalue weighted by Gasteiger charge is -2.43. The summed E-state index contributed by atoms with van der Waals surface area (Å²) in [5.74, 6) is -1.40. The number of carbonyl (C=O) groups is 1. The fraction of sp³-hybridized carbons (Fsp3) is 0.562. The number of nitrogens with two attached hydrogens (primary N) is 1. The van der Waals surface area contributed by atoms with Gasteiger partial charge in [0.05, 0.1) is 6.61 Å². The summed E-state index contributed by atoms with van der Waals surface area (Å²) in [5, 5.41) is 0. The van der Waals surface area contributed by atoms with Gasteiger partial charge in [-0.15, -0.1) is 0 Å². The summed E-state index contributed by atoms with van der Waals surface area (Å²) in [6.07, 6.45) is 0.601. The van der Waals surface area contributed by atoms with Crippen LogP contribution in [-0.2, 0) is 16.1 Å². The minimum atomic E-state index is -0.727. The van der Waals surface area contributed by atoms with Crippen LogP contribution in [0.15, 0.2) is 18.2 Å². The summed E-state index contributed by atoms with van der Waals surface area (Å²) in [6.45, 7) is 3.59. The Morgan fingerprint density at radius 1 is 1.22 bits per heavy atom. The highest BCUT2D eigenvalue weighted by molar-refractivity contribution is 5.85. The highest BCUT2D eigenvalue weighted by atomic mass is 19.1. The molecule has 2 N–H and O–H groups in total. The fourth-order valence-corrected chi connectivity index (χ4v) is 3.39. The molecule has 3 rings (SSSR count). The number of piperazine rings is 1. The molecule has 0 saturated carbocycles. The summed E-state index contributed by atoms with van der Waals surface area (Å²) >= 11 is 0. The van der Waals surface area contributed by atoms with E-state index in [0.29, 0.717) is 45.8 Å². The van der Waals surface area contributed by atoms with Gasteiger partial charge in [-0.2, -0.15) is 0 Å². The molecule has 1 atom stereocenters. The normalized spacial score (nSPS) is 26.5. The van der Waals surface area contributed by atoms with E-state index >= 15 is 0 Å². The Hall–Kier alpha value is -1.57. The lowest BCUT2D eigenvalue weighted by Crippen LogP contribution is -2.63. The maximum Gasteiger partial charge on any atom is 0.240 e. The fourth-order valence-electron chi connectivity index (χ4n) is 3.39. The van der Waals surface area contributed by atoms with E-state index in [1.807, 2.05) is 4.90 Å². The number of halogens is 2. The van der Waals surface area contributed by atoms with Gasteiger partial charge in [-0.25, -0.2) is 8.78 Å². The van der Waals surface area contributed by atoms with Crippen LogP contribution in [0.4, 0.5) is 8.78 Å². The number of primary amides is 1. The van der Waals surface area contributed by atoms with Crippen LogP contribution in [0.2, 0.25) is 0 Å². The van der Waals surface area contributed by atoms with Crippen molar-refractivity contribution >= 4 is 5.91 Å². The monoisotopic (exact) mass is 325 g/mol. The molecule has 1 aromatic carbocycles. The van der Waals surface area contributed by atoms with Gasteiger partial charge in [0.2, 0.25) is 5.91 Å². The third-order valence-electron chi connectivity index (χ3n) is 4.88. The van der Waals surface area contributed by atoms with Crippen molar-refractivity contribution in [3.8, 4) is 0 Å². The van der Waals surface area contributed by atoms with Gasteiger partial charge in [-0.3, -0.25) is 14.6 Å². The van der Waals surface area contributed by atoms with E-state index in [2.05, 4.69) is 4.90 Å². The molecule has 1 aromatic rings. The van der Waals surface area contributed by atoms with Gasteiger partial charge in [-0.1, -0.05) is 6.07 Å². The number of carbonyl (C=O) groups excluding carboxylic acids is 1. The molecule has 0 spiro atoms. The van der Waals surface area contributed by atoms with Gasteiger partial charge in [-0.05, 0) is 12.1 Å². The lowest BCUT2D eigenvalue weighted by atomic mass is 9.94. The molecule has 7 heteroatoms. The van der Waals surface area contributed by atoms with Crippen molar-refractivity contribution < 1.29 is 18.3 Å². The third-order valence-corrected chi connectivity index (χ3v) is 4.88. The Labute approximate surface area is 134 Å². The molecule has 0 bridgehead atoms. The van der Waals surface area contributed by atoms with Gasteiger partial charge in [0.1, 0.15) is 17.2 Å².